The van der Waals surface area contributed by atoms with Gasteiger partial charge in [-0.1, -0.05) is 36.0 Å². The number of imidazole rings is 1. The molecule has 2 aromatic carbocycles. The van der Waals surface area contributed by atoms with E-state index in [2.05, 4.69) is 10.3 Å². The Bertz CT molecular complexity index is 865. The third-order valence-corrected chi connectivity index (χ3v) is 4.43. The molecule has 1 heterocycles. The second kappa shape index (κ2) is 7.94. The van der Waals surface area contributed by atoms with Crippen molar-refractivity contribution in [3.8, 4) is 0 Å². The van der Waals surface area contributed by atoms with Gasteiger partial charge in [-0.15, -0.1) is 0 Å². The van der Waals surface area contributed by atoms with E-state index >= 15 is 0 Å². The number of amides is 1. The van der Waals surface area contributed by atoms with Crippen molar-refractivity contribution in [3.63, 3.8) is 0 Å². The number of nitrogens with zero attached hydrogens (tertiary/aromatic N) is 2. The lowest BCUT2D eigenvalue weighted by Gasteiger charge is -2.08. The number of thioether (sulfide) groups is 1. The predicted octanol–water partition coefficient (Wildman–Crippen LogP) is 3.94. The molecular formula is C18H15F2N3OS. The van der Waals surface area contributed by atoms with Gasteiger partial charge in [0.25, 0.3) is 0 Å². The number of anilines is 1. The quantitative estimate of drug-likeness (QED) is 0.678. The first-order valence-corrected chi connectivity index (χ1v) is 8.53. The molecule has 0 radical (unpaired) electrons. The molecule has 1 N–H and O–H groups in total. The number of carbonyl (C=O) groups excluding carboxylic acids is 1. The van der Waals surface area contributed by atoms with Crippen LogP contribution in [-0.2, 0) is 11.3 Å². The number of hydrogen-bond donors (Lipinski definition) is 1. The maximum atomic E-state index is 13.5. The fourth-order valence-electron chi connectivity index (χ4n) is 2.22. The molecule has 3 rings (SSSR count). The molecule has 0 aliphatic rings. The van der Waals surface area contributed by atoms with E-state index in [9.17, 15) is 13.6 Å². The SMILES string of the molecule is O=C(CSc1nccn1Cc1ccc(F)cc1)Nc1ccccc1F. The summed E-state index contributed by atoms with van der Waals surface area (Å²) in [6.45, 7) is 0.525. The van der Waals surface area contributed by atoms with Gasteiger partial charge in [-0.05, 0) is 29.8 Å². The van der Waals surface area contributed by atoms with Crippen molar-refractivity contribution >= 4 is 23.4 Å². The van der Waals surface area contributed by atoms with Crippen molar-refractivity contribution in [2.24, 2.45) is 0 Å². The number of aromatic nitrogens is 2. The average molecular weight is 359 g/mol. The molecule has 25 heavy (non-hydrogen) atoms. The molecule has 0 fully saturated rings. The Hall–Kier alpha value is -2.67. The summed E-state index contributed by atoms with van der Waals surface area (Å²) >= 11 is 1.25. The molecular weight excluding hydrogens is 344 g/mol. The number of carbonyl (C=O) groups is 1. The highest BCUT2D eigenvalue weighted by molar-refractivity contribution is 7.99. The first-order chi connectivity index (χ1) is 12.1. The highest BCUT2D eigenvalue weighted by atomic mass is 32.2. The number of para-hydroxylation sites is 1. The van der Waals surface area contributed by atoms with Crippen LogP contribution < -0.4 is 5.32 Å². The van der Waals surface area contributed by atoms with Crippen LogP contribution in [0.3, 0.4) is 0 Å². The fourth-order valence-corrected chi connectivity index (χ4v) is 2.98. The Labute approximate surface area is 147 Å². The molecule has 1 amide bonds. The van der Waals surface area contributed by atoms with Gasteiger partial charge < -0.3 is 9.88 Å². The molecule has 0 spiro atoms. The molecule has 0 unspecified atom stereocenters. The Morgan fingerprint density at radius 1 is 1.12 bits per heavy atom. The molecule has 0 aliphatic carbocycles. The van der Waals surface area contributed by atoms with Crippen LogP contribution in [0.15, 0.2) is 66.1 Å². The standard InChI is InChI=1S/C18H15F2N3OS/c19-14-7-5-13(6-8-14)11-23-10-9-21-18(23)25-12-17(24)22-16-4-2-1-3-15(16)20/h1-10H,11-12H2,(H,22,24). The van der Waals surface area contributed by atoms with Gasteiger partial charge in [-0.25, -0.2) is 13.8 Å². The number of rotatable bonds is 6. The smallest absolute Gasteiger partial charge is 0.234 e. The molecule has 0 saturated carbocycles. The van der Waals surface area contributed by atoms with E-state index in [4.69, 9.17) is 0 Å². The van der Waals surface area contributed by atoms with Gasteiger partial charge in [0, 0.05) is 18.9 Å². The van der Waals surface area contributed by atoms with Crippen molar-refractivity contribution in [1.82, 2.24) is 9.55 Å². The lowest BCUT2D eigenvalue weighted by molar-refractivity contribution is -0.113. The van der Waals surface area contributed by atoms with Gasteiger partial charge in [-0.3, -0.25) is 4.79 Å². The minimum Gasteiger partial charge on any atom is -0.323 e. The van der Waals surface area contributed by atoms with Gasteiger partial charge >= 0.3 is 0 Å². The Morgan fingerprint density at radius 2 is 1.88 bits per heavy atom. The van der Waals surface area contributed by atoms with Gasteiger partial charge in [0.2, 0.25) is 5.91 Å². The summed E-state index contributed by atoms with van der Waals surface area (Å²) in [6.07, 6.45) is 3.43. The summed E-state index contributed by atoms with van der Waals surface area (Å²) in [4.78, 5) is 16.2. The average Bonchev–Trinajstić information content (AvgIpc) is 3.04. The van der Waals surface area contributed by atoms with Gasteiger partial charge in [0.1, 0.15) is 11.6 Å². The third-order valence-electron chi connectivity index (χ3n) is 3.42. The number of hydrogen-bond acceptors (Lipinski definition) is 3. The Kier molecular flexibility index (Phi) is 5.45. The molecule has 3 aromatic rings. The van der Waals surface area contributed by atoms with Crippen LogP contribution in [0.2, 0.25) is 0 Å². The second-order valence-electron chi connectivity index (χ2n) is 5.28. The van der Waals surface area contributed by atoms with Crippen molar-refractivity contribution in [3.05, 3.63) is 78.1 Å². The van der Waals surface area contributed by atoms with Crippen LogP contribution in [-0.4, -0.2) is 21.2 Å². The Morgan fingerprint density at radius 3 is 2.64 bits per heavy atom. The molecule has 4 nitrogen and oxygen atoms in total. The summed E-state index contributed by atoms with van der Waals surface area (Å²) in [5.41, 5.74) is 1.08. The first kappa shape index (κ1) is 17.2. The van der Waals surface area contributed by atoms with E-state index in [1.165, 1.54) is 36.0 Å². The van der Waals surface area contributed by atoms with Crippen LogP contribution in [0.5, 0.6) is 0 Å². The molecule has 128 valence electrons. The van der Waals surface area contributed by atoms with Gasteiger partial charge in [0.15, 0.2) is 5.16 Å². The maximum absolute atomic E-state index is 13.5. The van der Waals surface area contributed by atoms with E-state index in [1.807, 2.05) is 4.57 Å². The topological polar surface area (TPSA) is 46.9 Å². The number of halogens is 2. The minimum atomic E-state index is -0.473. The molecule has 0 saturated heterocycles. The van der Waals surface area contributed by atoms with Crippen LogP contribution in [0, 0.1) is 11.6 Å². The van der Waals surface area contributed by atoms with Crippen molar-refractivity contribution < 1.29 is 13.6 Å². The zero-order valence-corrected chi connectivity index (χ0v) is 14.0. The van der Waals surface area contributed by atoms with Gasteiger partial charge in [-0.2, -0.15) is 0 Å². The lowest BCUT2D eigenvalue weighted by atomic mass is 10.2. The highest BCUT2D eigenvalue weighted by Crippen LogP contribution is 2.19. The molecule has 7 heteroatoms. The fraction of sp³-hybridized carbons (Fsp3) is 0.111. The zero-order valence-electron chi connectivity index (χ0n) is 13.2. The summed E-state index contributed by atoms with van der Waals surface area (Å²) in [5.74, 6) is -0.965. The second-order valence-corrected chi connectivity index (χ2v) is 6.22. The first-order valence-electron chi connectivity index (χ1n) is 7.54. The van der Waals surface area contributed by atoms with Crippen molar-refractivity contribution in [1.29, 1.82) is 0 Å². The molecule has 0 bridgehead atoms. The van der Waals surface area contributed by atoms with Crippen LogP contribution in [0.4, 0.5) is 14.5 Å². The maximum Gasteiger partial charge on any atom is 0.234 e. The highest BCUT2D eigenvalue weighted by Gasteiger charge is 2.10. The van der Waals surface area contributed by atoms with Crippen LogP contribution in [0.1, 0.15) is 5.56 Å². The molecule has 0 aliphatic heterocycles. The predicted molar refractivity (Wildman–Crippen MR) is 93.5 cm³/mol. The van der Waals surface area contributed by atoms with Crippen LogP contribution in [0.25, 0.3) is 0 Å². The van der Waals surface area contributed by atoms with E-state index in [-0.39, 0.29) is 23.2 Å². The number of benzene rings is 2. The van der Waals surface area contributed by atoms with E-state index in [1.54, 1.807) is 36.7 Å². The largest absolute Gasteiger partial charge is 0.323 e. The molecule has 1 aromatic heterocycles. The van der Waals surface area contributed by atoms with E-state index in [0.717, 1.165) is 5.56 Å². The third kappa shape index (κ3) is 4.67. The Balaban J connectivity index is 1.59. The number of nitrogens with one attached hydrogen (secondary N) is 1. The summed E-state index contributed by atoms with van der Waals surface area (Å²) in [5, 5.41) is 3.19. The summed E-state index contributed by atoms with van der Waals surface area (Å²) in [6, 6.07) is 12.2. The van der Waals surface area contributed by atoms with Crippen molar-refractivity contribution in [2.45, 2.75) is 11.7 Å². The van der Waals surface area contributed by atoms with Crippen molar-refractivity contribution in [2.75, 3.05) is 11.1 Å². The monoisotopic (exact) mass is 359 g/mol. The summed E-state index contributed by atoms with van der Waals surface area (Å²) < 4.78 is 28.4. The van der Waals surface area contributed by atoms with Gasteiger partial charge in [0.05, 0.1) is 11.4 Å². The zero-order chi connectivity index (χ0) is 17.6. The minimum absolute atomic E-state index is 0.106. The lowest BCUT2D eigenvalue weighted by Crippen LogP contribution is -2.15. The molecule has 0 atom stereocenters. The summed E-state index contributed by atoms with van der Waals surface area (Å²) in [7, 11) is 0. The van der Waals surface area contributed by atoms with E-state index < -0.39 is 5.82 Å². The normalized spacial score (nSPS) is 10.6. The van der Waals surface area contributed by atoms with E-state index in [0.29, 0.717) is 11.7 Å². The van der Waals surface area contributed by atoms with Crippen LogP contribution >= 0.6 is 11.8 Å².